The first-order valence-corrected chi connectivity index (χ1v) is 12.2. The Balaban J connectivity index is 1.28. The Morgan fingerprint density at radius 2 is 1.87 bits per heavy atom. The molecule has 9 heteroatoms. The Hall–Kier alpha value is -1.26. The maximum Gasteiger partial charge on any atom is 0.234 e. The topological polar surface area (TPSA) is 61.9 Å². The molecule has 1 saturated heterocycles. The molecule has 1 fully saturated rings. The molecule has 160 valence electrons. The van der Waals surface area contributed by atoms with Crippen LogP contribution in [0.15, 0.2) is 31.8 Å². The van der Waals surface area contributed by atoms with E-state index in [-0.39, 0.29) is 17.7 Å². The molecule has 2 aliphatic rings. The third kappa shape index (κ3) is 4.65. The number of nitrogens with one attached hydrogen (secondary N) is 1. The monoisotopic (exact) mass is 555 g/mol. The average Bonchev–Trinajstić information content (AvgIpc) is 3.21. The van der Waals surface area contributed by atoms with Gasteiger partial charge in [0, 0.05) is 55.8 Å². The lowest BCUT2D eigenvalue weighted by Gasteiger charge is -2.34. The number of carbonyl (C=O) groups is 2. The number of rotatable bonds is 6. The van der Waals surface area contributed by atoms with Crippen molar-refractivity contribution in [2.75, 3.05) is 39.8 Å². The highest BCUT2D eigenvalue weighted by Gasteiger charge is 2.36. The summed E-state index contributed by atoms with van der Waals surface area (Å²) in [6.07, 6.45) is 0.327. The fourth-order valence-corrected chi connectivity index (χ4v) is 7.47. The standard InChI is InChI=1S/C21H23Br2N3O3S/c1-29-16-5-3-2-4-13(16)11-25-6-8-26(9-7-25)12-17(28)24-14-10-15(27)19-18(14)20(22)30-21(19)23/h2-5,14H,6-12H2,1H3,(H,24,28). The lowest BCUT2D eigenvalue weighted by Crippen LogP contribution is -2.49. The first-order chi connectivity index (χ1) is 14.5. The number of thiophene rings is 1. The number of benzene rings is 1. The van der Waals surface area contributed by atoms with Crippen LogP contribution in [0.5, 0.6) is 5.75 Å². The number of piperazine rings is 1. The third-order valence-electron chi connectivity index (χ3n) is 5.63. The van der Waals surface area contributed by atoms with Crippen LogP contribution in [0.25, 0.3) is 0 Å². The van der Waals surface area contributed by atoms with Crippen LogP contribution in [0.4, 0.5) is 0 Å². The largest absolute Gasteiger partial charge is 0.496 e. The van der Waals surface area contributed by atoms with Crippen LogP contribution >= 0.6 is 43.2 Å². The summed E-state index contributed by atoms with van der Waals surface area (Å²) in [4.78, 5) is 29.5. The molecule has 0 radical (unpaired) electrons. The highest BCUT2D eigenvalue weighted by molar-refractivity contribution is 9.12. The molecule has 0 saturated carbocycles. The van der Waals surface area contributed by atoms with Gasteiger partial charge in [-0.1, -0.05) is 18.2 Å². The SMILES string of the molecule is COc1ccccc1CN1CCN(CC(=O)NC2CC(=O)c3c(Br)sc(Br)c32)CC1. The number of para-hydroxylation sites is 1. The number of ether oxygens (including phenoxy) is 1. The summed E-state index contributed by atoms with van der Waals surface area (Å²) >= 11 is 8.46. The molecule has 1 aliphatic heterocycles. The number of Topliss-reactive ketones (excluding diaryl/α,β-unsaturated/α-hetero) is 1. The van der Waals surface area contributed by atoms with Crippen LogP contribution in [0.1, 0.15) is 33.9 Å². The van der Waals surface area contributed by atoms with E-state index in [1.807, 2.05) is 18.2 Å². The average molecular weight is 557 g/mol. The number of fused-ring (bicyclic) bond motifs is 1. The molecule has 1 aliphatic carbocycles. The van der Waals surface area contributed by atoms with E-state index in [2.05, 4.69) is 53.0 Å². The molecule has 2 heterocycles. The van der Waals surface area contributed by atoms with Gasteiger partial charge in [0.05, 0.1) is 27.3 Å². The van der Waals surface area contributed by atoms with Gasteiger partial charge in [-0.15, -0.1) is 11.3 Å². The number of nitrogens with zero attached hydrogens (tertiary/aromatic N) is 2. The van der Waals surface area contributed by atoms with Crippen molar-refractivity contribution in [1.82, 2.24) is 15.1 Å². The lowest BCUT2D eigenvalue weighted by atomic mass is 10.1. The van der Waals surface area contributed by atoms with E-state index >= 15 is 0 Å². The molecule has 6 nitrogen and oxygen atoms in total. The van der Waals surface area contributed by atoms with Crippen molar-refractivity contribution >= 4 is 54.9 Å². The van der Waals surface area contributed by atoms with Crippen molar-refractivity contribution in [2.45, 2.75) is 19.0 Å². The quantitative estimate of drug-likeness (QED) is 0.585. The van der Waals surface area contributed by atoms with E-state index in [0.29, 0.717) is 18.5 Å². The van der Waals surface area contributed by atoms with E-state index in [1.54, 1.807) is 7.11 Å². The summed E-state index contributed by atoms with van der Waals surface area (Å²) < 4.78 is 7.19. The summed E-state index contributed by atoms with van der Waals surface area (Å²) in [6.45, 7) is 4.68. The normalized spacial score (nSPS) is 19.7. The van der Waals surface area contributed by atoms with E-state index in [9.17, 15) is 9.59 Å². The molecular weight excluding hydrogens is 534 g/mol. The van der Waals surface area contributed by atoms with Gasteiger partial charge in [-0.25, -0.2) is 0 Å². The number of methoxy groups -OCH3 is 1. The minimum absolute atomic E-state index is 0.0342. The first-order valence-electron chi connectivity index (χ1n) is 9.83. The van der Waals surface area contributed by atoms with Crippen molar-refractivity contribution in [3.05, 3.63) is 48.5 Å². The Bertz CT molecular complexity index is 957. The zero-order valence-electron chi connectivity index (χ0n) is 16.6. The van der Waals surface area contributed by atoms with Crippen LogP contribution in [0.3, 0.4) is 0 Å². The highest BCUT2D eigenvalue weighted by Crippen LogP contribution is 2.46. The molecule has 0 bridgehead atoms. The van der Waals surface area contributed by atoms with Crippen LogP contribution < -0.4 is 10.1 Å². The maximum absolute atomic E-state index is 12.6. The van der Waals surface area contributed by atoms with Gasteiger partial charge in [-0.05, 0) is 37.9 Å². The Morgan fingerprint density at radius 3 is 2.60 bits per heavy atom. The number of hydrogen-bond donors (Lipinski definition) is 1. The van der Waals surface area contributed by atoms with Gasteiger partial charge in [0.15, 0.2) is 5.78 Å². The predicted octanol–water partition coefficient (Wildman–Crippen LogP) is 3.84. The maximum atomic E-state index is 12.6. The van der Waals surface area contributed by atoms with Crippen molar-refractivity contribution in [1.29, 1.82) is 0 Å². The number of halogens is 2. The smallest absolute Gasteiger partial charge is 0.234 e. The van der Waals surface area contributed by atoms with E-state index < -0.39 is 0 Å². The highest BCUT2D eigenvalue weighted by atomic mass is 79.9. The Labute approximate surface area is 196 Å². The zero-order valence-corrected chi connectivity index (χ0v) is 20.6. The van der Waals surface area contributed by atoms with Gasteiger partial charge in [-0.3, -0.25) is 19.4 Å². The van der Waals surface area contributed by atoms with Crippen LogP contribution in [-0.2, 0) is 11.3 Å². The molecular formula is C21H23Br2N3O3S. The minimum Gasteiger partial charge on any atom is -0.496 e. The molecule has 1 atom stereocenters. The number of amides is 1. The molecule has 4 rings (SSSR count). The van der Waals surface area contributed by atoms with Gasteiger partial charge in [-0.2, -0.15) is 0 Å². The molecule has 1 aromatic heterocycles. The van der Waals surface area contributed by atoms with Crippen molar-refractivity contribution in [3.8, 4) is 5.75 Å². The number of carbonyl (C=O) groups excluding carboxylic acids is 2. The summed E-state index contributed by atoms with van der Waals surface area (Å²) in [6, 6.07) is 7.84. The number of ketones is 1. The van der Waals surface area contributed by atoms with Crippen molar-refractivity contribution < 1.29 is 14.3 Å². The third-order valence-corrected chi connectivity index (χ3v) is 8.20. The van der Waals surface area contributed by atoms with Gasteiger partial charge >= 0.3 is 0 Å². The molecule has 1 unspecified atom stereocenters. The Kier molecular flexibility index (Phi) is 6.94. The molecule has 1 amide bonds. The van der Waals surface area contributed by atoms with Crippen LogP contribution in [-0.4, -0.2) is 61.3 Å². The summed E-state index contributed by atoms with van der Waals surface area (Å²) in [5.41, 5.74) is 2.80. The summed E-state index contributed by atoms with van der Waals surface area (Å²) in [5.74, 6) is 0.957. The predicted molar refractivity (Wildman–Crippen MR) is 124 cm³/mol. The second kappa shape index (κ2) is 9.48. The van der Waals surface area contributed by atoms with E-state index in [1.165, 1.54) is 16.9 Å². The Morgan fingerprint density at radius 1 is 1.17 bits per heavy atom. The molecule has 1 N–H and O–H groups in total. The summed E-state index contributed by atoms with van der Waals surface area (Å²) in [5, 5.41) is 3.06. The zero-order chi connectivity index (χ0) is 21.3. The van der Waals surface area contributed by atoms with E-state index in [0.717, 1.165) is 51.6 Å². The summed E-state index contributed by atoms with van der Waals surface area (Å²) in [7, 11) is 1.70. The van der Waals surface area contributed by atoms with Gasteiger partial charge in [0.2, 0.25) is 5.91 Å². The van der Waals surface area contributed by atoms with Crippen LogP contribution in [0, 0.1) is 0 Å². The molecule has 2 aromatic rings. The fraction of sp³-hybridized carbons (Fsp3) is 0.429. The van der Waals surface area contributed by atoms with Crippen molar-refractivity contribution in [2.24, 2.45) is 0 Å². The number of hydrogen-bond acceptors (Lipinski definition) is 6. The van der Waals surface area contributed by atoms with Gasteiger partial charge < -0.3 is 10.1 Å². The van der Waals surface area contributed by atoms with E-state index in [4.69, 9.17) is 4.74 Å². The van der Waals surface area contributed by atoms with Crippen LogP contribution in [0.2, 0.25) is 0 Å². The lowest BCUT2D eigenvalue weighted by molar-refractivity contribution is -0.123. The molecule has 0 spiro atoms. The first kappa shape index (κ1) is 22.0. The molecule has 30 heavy (non-hydrogen) atoms. The van der Waals surface area contributed by atoms with Crippen molar-refractivity contribution in [3.63, 3.8) is 0 Å². The second-order valence-electron chi connectivity index (χ2n) is 7.55. The van der Waals surface area contributed by atoms with Gasteiger partial charge in [0.1, 0.15) is 5.75 Å². The fourth-order valence-electron chi connectivity index (χ4n) is 4.10. The van der Waals surface area contributed by atoms with Gasteiger partial charge in [0.25, 0.3) is 0 Å². The minimum atomic E-state index is -0.247. The molecule has 1 aromatic carbocycles. The second-order valence-corrected chi connectivity index (χ2v) is 11.2.